The Kier molecular flexibility index (Phi) is 3.47. The molecule has 2 aliphatic carbocycles. The van der Waals surface area contributed by atoms with Crippen LogP contribution in [-0.4, -0.2) is 15.7 Å². The van der Waals surface area contributed by atoms with Crippen LogP contribution in [0.2, 0.25) is 0 Å². The molecule has 0 bridgehead atoms. The van der Waals surface area contributed by atoms with E-state index in [4.69, 9.17) is 0 Å². The molecule has 1 fully saturated rings. The number of nitrogens with one attached hydrogen (secondary N) is 1. The van der Waals surface area contributed by atoms with Crippen molar-refractivity contribution < 1.29 is 4.79 Å². The van der Waals surface area contributed by atoms with Crippen LogP contribution in [0.25, 0.3) is 0 Å². The predicted octanol–water partition coefficient (Wildman–Crippen LogP) is 3.28. The van der Waals surface area contributed by atoms with Crippen LogP contribution in [0.5, 0.6) is 0 Å². The number of rotatable bonds is 4. The van der Waals surface area contributed by atoms with Gasteiger partial charge in [0.05, 0.1) is 11.7 Å². The van der Waals surface area contributed by atoms with E-state index in [0.717, 1.165) is 12.1 Å². The summed E-state index contributed by atoms with van der Waals surface area (Å²) in [6.07, 6.45) is 6.00. The van der Waals surface area contributed by atoms with Crippen LogP contribution in [0.3, 0.4) is 0 Å². The second-order valence-corrected chi connectivity index (χ2v) is 6.93. The smallest absolute Gasteiger partial charge is 0.270 e. The van der Waals surface area contributed by atoms with Gasteiger partial charge in [-0.1, -0.05) is 18.2 Å². The van der Waals surface area contributed by atoms with Gasteiger partial charge in [0.25, 0.3) is 5.91 Å². The second-order valence-electron chi connectivity index (χ2n) is 6.93. The van der Waals surface area contributed by atoms with Crippen LogP contribution >= 0.6 is 0 Å². The topological polar surface area (TPSA) is 46.9 Å². The first-order valence-corrected chi connectivity index (χ1v) is 8.58. The zero-order valence-corrected chi connectivity index (χ0v) is 13.8. The molecule has 0 saturated heterocycles. The van der Waals surface area contributed by atoms with E-state index in [2.05, 4.69) is 28.6 Å². The Bertz CT molecular complexity index is 758. The molecule has 2 aromatic rings. The maximum atomic E-state index is 12.6. The monoisotopic (exact) mass is 309 g/mol. The summed E-state index contributed by atoms with van der Waals surface area (Å²) in [6.45, 7) is 2.05. The van der Waals surface area contributed by atoms with E-state index < -0.39 is 0 Å². The van der Waals surface area contributed by atoms with Crippen LogP contribution in [0.1, 0.15) is 71.0 Å². The van der Waals surface area contributed by atoms with Gasteiger partial charge < -0.3 is 5.32 Å². The van der Waals surface area contributed by atoms with Gasteiger partial charge in [0, 0.05) is 13.0 Å². The number of aromatic nitrogens is 2. The highest BCUT2D eigenvalue weighted by Gasteiger charge is 2.28. The molecule has 4 nitrogen and oxygen atoms in total. The van der Waals surface area contributed by atoms with Gasteiger partial charge in [0.15, 0.2) is 0 Å². The number of carbonyl (C=O) groups excluding carboxylic acids is 1. The largest absolute Gasteiger partial charge is 0.344 e. The van der Waals surface area contributed by atoms with Crippen LogP contribution in [0, 0.1) is 0 Å². The zero-order valence-electron chi connectivity index (χ0n) is 13.8. The predicted molar refractivity (Wildman–Crippen MR) is 89.5 cm³/mol. The van der Waals surface area contributed by atoms with Gasteiger partial charge in [-0.05, 0) is 61.8 Å². The Morgan fingerprint density at radius 3 is 2.83 bits per heavy atom. The molecule has 1 N–H and O–H groups in total. The van der Waals surface area contributed by atoms with Gasteiger partial charge in [-0.25, -0.2) is 0 Å². The van der Waals surface area contributed by atoms with E-state index in [0.29, 0.717) is 11.6 Å². The molecule has 0 radical (unpaired) electrons. The number of aryl methyl sites for hydroxylation is 3. The third kappa shape index (κ3) is 2.78. The average Bonchev–Trinajstić information content (AvgIpc) is 3.15. The van der Waals surface area contributed by atoms with Crippen molar-refractivity contribution in [2.24, 2.45) is 7.05 Å². The maximum Gasteiger partial charge on any atom is 0.270 e. The minimum Gasteiger partial charge on any atom is -0.344 e. The minimum atomic E-state index is -0.0418. The Balaban J connectivity index is 1.49. The van der Waals surface area contributed by atoms with E-state index in [1.807, 2.05) is 20.0 Å². The van der Waals surface area contributed by atoms with Gasteiger partial charge in [-0.15, -0.1) is 0 Å². The van der Waals surface area contributed by atoms with E-state index >= 15 is 0 Å². The molecule has 4 rings (SSSR count). The molecule has 0 spiro atoms. The van der Waals surface area contributed by atoms with Crippen molar-refractivity contribution in [3.63, 3.8) is 0 Å². The standard InChI is InChI=1S/C19H23N3O/c1-12(15-9-6-13-4-3-5-16(13)10-15)20-19(23)18-11-17(14-7-8-14)21-22(18)2/h6,9-12,14H,3-5,7-8H2,1-2H3,(H,20,23)/t12-/m1/s1. The second kappa shape index (κ2) is 5.52. The number of benzene rings is 1. The lowest BCUT2D eigenvalue weighted by molar-refractivity contribution is 0.0930. The SMILES string of the molecule is C[C@@H](NC(=O)c1cc(C2CC2)nn1C)c1ccc2c(c1)CCC2. The Labute approximate surface area is 136 Å². The molecule has 2 aliphatic rings. The fourth-order valence-corrected chi connectivity index (χ4v) is 3.50. The lowest BCUT2D eigenvalue weighted by Gasteiger charge is -2.15. The van der Waals surface area contributed by atoms with E-state index in [9.17, 15) is 4.79 Å². The van der Waals surface area contributed by atoms with Crippen molar-refractivity contribution in [3.05, 3.63) is 52.3 Å². The molecule has 120 valence electrons. The zero-order chi connectivity index (χ0) is 16.0. The van der Waals surface area contributed by atoms with E-state index in [1.54, 1.807) is 4.68 Å². The van der Waals surface area contributed by atoms with Crippen LogP contribution in [0.4, 0.5) is 0 Å². The number of fused-ring (bicyclic) bond motifs is 1. The molecular weight excluding hydrogens is 286 g/mol. The molecule has 0 aliphatic heterocycles. The first kappa shape index (κ1) is 14.5. The quantitative estimate of drug-likeness (QED) is 0.942. The average molecular weight is 309 g/mol. The highest BCUT2D eigenvalue weighted by atomic mass is 16.2. The van der Waals surface area contributed by atoms with Gasteiger partial charge in [0.1, 0.15) is 5.69 Å². The van der Waals surface area contributed by atoms with Crippen molar-refractivity contribution in [2.75, 3.05) is 0 Å². The maximum absolute atomic E-state index is 12.6. The van der Waals surface area contributed by atoms with Crippen molar-refractivity contribution in [1.29, 1.82) is 0 Å². The van der Waals surface area contributed by atoms with Crippen LogP contribution in [-0.2, 0) is 19.9 Å². The third-order valence-electron chi connectivity index (χ3n) is 5.10. The van der Waals surface area contributed by atoms with Crippen molar-refractivity contribution >= 4 is 5.91 Å². The number of hydrogen-bond acceptors (Lipinski definition) is 2. The molecule has 1 amide bonds. The molecule has 1 aromatic heterocycles. The summed E-state index contributed by atoms with van der Waals surface area (Å²) in [5.74, 6) is 0.525. The number of carbonyl (C=O) groups is 1. The van der Waals surface area contributed by atoms with Crippen LogP contribution in [0.15, 0.2) is 24.3 Å². The normalized spacial score (nSPS) is 17.8. The lowest BCUT2D eigenvalue weighted by Crippen LogP contribution is -2.28. The number of hydrogen-bond donors (Lipinski definition) is 1. The summed E-state index contributed by atoms with van der Waals surface area (Å²) < 4.78 is 1.71. The molecule has 1 aromatic carbocycles. The molecular formula is C19H23N3O. The summed E-state index contributed by atoms with van der Waals surface area (Å²) in [5.41, 5.74) is 5.81. The highest BCUT2D eigenvalue weighted by molar-refractivity contribution is 5.93. The van der Waals surface area contributed by atoms with E-state index in [1.165, 1.54) is 42.4 Å². The molecule has 0 unspecified atom stereocenters. The lowest BCUT2D eigenvalue weighted by atomic mass is 10.0. The first-order chi connectivity index (χ1) is 11.1. The van der Waals surface area contributed by atoms with Crippen LogP contribution < -0.4 is 5.32 Å². The van der Waals surface area contributed by atoms with E-state index in [-0.39, 0.29) is 11.9 Å². The first-order valence-electron chi connectivity index (χ1n) is 8.58. The van der Waals surface area contributed by atoms with Crippen molar-refractivity contribution in [3.8, 4) is 0 Å². The summed E-state index contributed by atoms with van der Waals surface area (Å²) in [6, 6.07) is 8.57. The summed E-state index contributed by atoms with van der Waals surface area (Å²) >= 11 is 0. The van der Waals surface area contributed by atoms with Crippen molar-refractivity contribution in [2.45, 2.75) is 51.0 Å². The Morgan fingerprint density at radius 2 is 2.04 bits per heavy atom. The van der Waals surface area contributed by atoms with Gasteiger partial charge in [-0.2, -0.15) is 5.10 Å². The summed E-state index contributed by atoms with van der Waals surface area (Å²) in [5, 5.41) is 7.59. The minimum absolute atomic E-state index is 0.00711. The van der Waals surface area contributed by atoms with Gasteiger partial charge >= 0.3 is 0 Å². The Morgan fingerprint density at radius 1 is 1.26 bits per heavy atom. The summed E-state index contributed by atoms with van der Waals surface area (Å²) in [4.78, 5) is 12.6. The summed E-state index contributed by atoms with van der Waals surface area (Å²) in [7, 11) is 1.85. The van der Waals surface area contributed by atoms with Crippen molar-refractivity contribution in [1.82, 2.24) is 15.1 Å². The molecule has 23 heavy (non-hydrogen) atoms. The fourth-order valence-electron chi connectivity index (χ4n) is 3.50. The molecule has 4 heteroatoms. The highest BCUT2D eigenvalue weighted by Crippen LogP contribution is 2.39. The van der Waals surface area contributed by atoms with Gasteiger partial charge in [0.2, 0.25) is 0 Å². The molecule has 1 atom stereocenters. The Hall–Kier alpha value is -2.10. The molecule has 1 heterocycles. The fraction of sp³-hybridized carbons (Fsp3) is 0.474. The number of nitrogens with zero attached hydrogens (tertiary/aromatic N) is 2. The van der Waals surface area contributed by atoms with Gasteiger partial charge in [-0.3, -0.25) is 9.48 Å². The number of amides is 1. The third-order valence-corrected chi connectivity index (χ3v) is 5.10. The molecule has 1 saturated carbocycles.